The quantitative estimate of drug-likeness (QED) is 0.650. The Morgan fingerprint density at radius 1 is 1.40 bits per heavy atom. The van der Waals surface area contributed by atoms with Gasteiger partial charge in [0, 0.05) is 20.2 Å². The van der Waals surface area contributed by atoms with E-state index in [-0.39, 0.29) is 18.1 Å². The van der Waals surface area contributed by atoms with Crippen molar-refractivity contribution in [3.05, 3.63) is 35.4 Å². The Labute approximate surface area is 120 Å². The number of nitrogens with one attached hydrogen (secondary N) is 1. The molecule has 1 aromatic rings. The van der Waals surface area contributed by atoms with Crippen LogP contribution in [0, 0.1) is 6.92 Å². The summed E-state index contributed by atoms with van der Waals surface area (Å²) in [7, 11) is -1.73. The molecular weight excluding hydrogens is 278 g/mol. The summed E-state index contributed by atoms with van der Waals surface area (Å²) >= 11 is 0. The van der Waals surface area contributed by atoms with E-state index in [1.807, 2.05) is 25.1 Å². The number of aliphatic hydroxyl groups excluding tert-OH is 1. The Morgan fingerprint density at radius 3 is 2.80 bits per heavy atom. The molecule has 1 rings (SSSR count). The maximum atomic E-state index is 12.0. The molecule has 0 heterocycles. The van der Waals surface area contributed by atoms with Gasteiger partial charge in [0.25, 0.3) is 0 Å². The molecule has 2 N–H and O–H groups in total. The average molecular weight is 301 g/mol. The minimum Gasteiger partial charge on any atom is -0.391 e. The lowest BCUT2D eigenvalue weighted by atomic mass is 10.2. The molecule has 0 aromatic heterocycles. The summed E-state index contributed by atoms with van der Waals surface area (Å²) in [6.07, 6.45) is -0.901. The molecule has 0 spiro atoms. The third-order valence-electron chi connectivity index (χ3n) is 2.78. The first-order valence-electron chi connectivity index (χ1n) is 6.56. The number of aliphatic hydroxyl groups is 1. The van der Waals surface area contributed by atoms with E-state index >= 15 is 0 Å². The van der Waals surface area contributed by atoms with Gasteiger partial charge in [-0.3, -0.25) is 0 Å². The minimum absolute atomic E-state index is 0.0379. The number of aryl methyl sites for hydroxylation is 1. The van der Waals surface area contributed by atoms with Crippen LogP contribution >= 0.6 is 0 Å². The highest BCUT2D eigenvalue weighted by Crippen LogP contribution is 2.09. The molecular formula is C14H23NO4S. The Bertz CT molecular complexity index is 502. The van der Waals surface area contributed by atoms with Crippen LogP contribution in [-0.4, -0.2) is 52.2 Å². The van der Waals surface area contributed by atoms with E-state index in [9.17, 15) is 13.5 Å². The molecule has 0 bridgehead atoms. The van der Waals surface area contributed by atoms with Crippen LogP contribution in [0.4, 0.5) is 0 Å². The van der Waals surface area contributed by atoms with Gasteiger partial charge in [-0.1, -0.05) is 29.8 Å². The Morgan fingerprint density at radius 2 is 2.15 bits per heavy atom. The molecule has 5 nitrogen and oxygen atoms in total. The fourth-order valence-electron chi connectivity index (χ4n) is 1.91. The van der Waals surface area contributed by atoms with E-state index in [1.165, 1.54) is 0 Å². The van der Waals surface area contributed by atoms with Crippen molar-refractivity contribution in [1.29, 1.82) is 0 Å². The third kappa shape index (κ3) is 7.00. The highest BCUT2D eigenvalue weighted by Gasteiger charge is 2.17. The maximum absolute atomic E-state index is 12.0. The van der Waals surface area contributed by atoms with E-state index in [2.05, 4.69) is 5.32 Å². The van der Waals surface area contributed by atoms with Gasteiger partial charge in [0.15, 0.2) is 9.84 Å². The van der Waals surface area contributed by atoms with Crippen LogP contribution in [-0.2, 0) is 20.3 Å². The predicted molar refractivity (Wildman–Crippen MR) is 79.4 cm³/mol. The van der Waals surface area contributed by atoms with Gasteiger partial charge in [-0.25, -0.2) is 8.42 Å². The topological polar surface area (TPSA) is 75.6 Å². The van der Waals surface area contributed by atoms with Crippen molar-refractivity contribution >= 4 is 9.84 Å². The summed E-state index contributed by atoms with van der Waals surface area (Å²) in [4.78, 5) is 0. The number of benzene rings is 1. The van der Waals surface area contributed by atoms with Crippen LogP contribution in [0.1, 0.15) is 11.1 Å². The number of rotatable bonds is 9. The van der Waals surface area contributed by atoms with Crippen molar-refractivity contribution in [3.8, 4) is 0 Å². The standard InChI is InChI=1S/C14H23NO4S/c1-12-4-3-5-13(8-12)10-20(17,18)11-14(16)9-15-6-7-19-2/h3-5,8,14-16H,6-7,9-11H2,1-2H3. The number of hydrogen-bond donors (Lipinski definition) is 2. The fraction of sp³-hybridized carbons (Fsp3) is 0.571. The lowest BCUT2D eigenvalue weighted by Crippen LogP contribution is -2.34. The molecule has 0 fully saturated rings. The van der Waals surface area contributed by atoms with Gasteiger partial charge in [0.1, 0.15) is 0 Å². The molecule has 1 unspecified atom stereocenters. The van der Waals surface area contributed by atoms with E-state index < -0.39 is 15.9 Å². The number of hydrogen-bond acceptors (Lipinski definition) is 5. The van der Waals surface area contributed by atoms with Crippen LogP contribution in [0.25, 0.3) is 0 Å². The monoisotopic (exact) mass is 301 g/mol. The van der Waals surface area contributed by atoms with Gasteiger partial charge >= 0.3 is 0 Å². The van der Waals surface area contributed by atoms with Gasteiger partial charge in [-0.15, -0.1) is 0 Å². The van der Waals surface area contributed by atoms with Crippen molar-refractivity contribution in [3.63, 3.8) is 0 Å². The van der Waals surface area contributed by atoms with Gasteiger partial charge in [-0.2, -0.15) is 0 Å². The first kappa shape index (κ1) is 17.1. The molecule has 0 aliphatic heterocycles. The fourth-order valence-corrected chi connectivity index (χ4v) is 3.42. The molecule has 0 aliphatic rings. The van der Waals surface area contributed by atoms with E-state index in [4.69, 9.17) is 4.74 Å². The van der Waals surface area contributed by atoms with Gasteiger partial charge in [0.2, 0.25) is 0 Å². The molecule has 0 radical (unpaired) electrons. The summed E-state index contributed by atoms with van der Waals surface area (Å²) in [5.74, 6) is -0.273. The zero-order chi connectivity index (χ0) is 15.0. The smallest absolute Gasteiger partial charge is 0.157 e. The largest absolute Gasteiger partial charge is 0.391 e. The van der Waals surface area contributed by atoms with E-state index in [1.54, 1.807) is 13.2 Å². The van der Waals surface area contributed by atoms with Gasteiger partial charge in [-0.05, 0) is 12.5 Å². The van der Waals surface area contributed by atoms with Crippen LogP contribution in [0.2, 0.25) is 0 Å². The first-order valence-corrected chi connectivity index (χ1v) is 8.39. The Hall–Kier alpha value is -0.950. The van der Waals surface area contributed by atoms with E-state index in [0.29, 0.717) is 13.2 Å². The van der Waals surface area contributed by atoms with Crippen LogP contribution in [0.5, 0.6) is 0 Å². The SMILES string of the molecule is COCCNCC(O)CS(=O)(=O)Cc1cccc(C)c1. The predicted octanol–water partition coefficient (Wildman–Crippen LogP) is 0.507. The minimum atomic E-state index is -3.31. The lowest BCUT2D eigenvalue weighted by molar-refractivity contribution is 0.174. The molecule has 0 aliphatic carbocycles. The zero-order valence-corrected chi connectivity index (χ0v) is 12.8. The Kier molecular flexibility index (Phi) is 7.15. The second kappa shape index (κ2) is 8.36. The zero-order valence-electron chi connectivity index (χ0n) is 12.0. The number of methoxy groups -OCH3 is 1. The average Bonchev–Trinajstić information content (AvgIpc) is 2.33. The highest BCUT2D eigenvalue weighted by molar-refractivity contribution is 7.90. The van der Waals surface area contributed by atoms with Crippen molar-refractivity contribution < 1.29 is 18.3 Å². The van der Waals surface area contributed by atoms with Crippen molar-refractivity contribution in [2.45, 2.75) is 18.8 Å². The lowest BCUT2D eigenvalue weighted by Gasteiger charge is -2.12. The van der Waals surface area contributed by atoms with E-state index in [0.717, 1.165) is 11.1 Å². The summed E-state index contributed by atoms with van der Waals surface area (Å²) in [5.41, 5.74) is 1.78. The second-order valence-corrected chi connectivity index (χ2v) is 7.00. The van der Waals surface area contributed by atoms with Crippen LogP contribution < -0.4 is 5.32 Å². The summed E-state index contributed by atoms with van der Waals surface area (Å²) in [6, 6.07) is 7.39. The number of sulfone groups is 1. The van der Waals surface area contributed by atoms with Crippen LogP contribution in [0.15, 0.2) is 24.3 Å². The Balaban J connectivity index is 2.44. The molecule has 0 saturated carbocycles. The molecule has 114 valence electrons. The molecule has 6 heteroatoms. The molecule has 0 saturated heterocycles. The molecule has 1 aromatic carbocycles. The summed E-state index contributed by atoms with van der Waals surface area (Å²) < 4.78 is 28.8. The summed E-state index contributed by atoms with van der Waals surface area (Å²) in [5, 5.41) is 12.7. The second-order valence-electron chi connectivity index (χ2n) is 4.89. The van der Waals surface area contributed by atoms with Crippen LogP contribution in [0.3, 0.4) is 0 Å². The number of ether oxygens (including phenoxy) is 1. The van der Waals surface area contributed by atoms with Gasteiger partial charge < -0.3 is 15.2 Å². The van der Waals surface area contributed by atoms with Crippen molar-refractivity contribution in [1.82, 2.24) is 5.32 Å². The molecule has 20 heavy (non-hydrogen) atoms. The molecule has 1 atom stereocenters. The third-order valence-corrected chi connectivity index (χ3v) is 4.44. The molecule has 0 amide bonds. The van der Waals surface area contributed by atoms with Crippen molar-refractivity contribution in [2.75, 3.05) is 32.6 Å². The highest BCUT2D eigenvalue weighted by atomic mass is 32.2. The summed E-state index contributed by atoms with van der Waals surface area (Å²) in [6.45, 7) is 3.29. The van der Waals surface area contributed by atoms with Gasteiger partial charge in [0.05, 0.1) is 24.2 Å². The van der Waals surface area contributed by atoms with Crippen molar-refractivity contribution in [2.24, 2.45) is 0 Å². The maximum Gasteiger partial charge on any atom is 0.157 e. The normalized spacial score (nSPS) is 13.3. The first-order chi connectivity index (χ1) is 9.43.